The lowest BCUT2D eigenvalue weighted by molar-refractivity contribution is 0.0980. The first-order valence-corrected chi connectivity index (χ1v) is 13.8. The monoisotopic (exact) mass is 497 g/mol. The van der Waals surface area contributed by atoms with Crippen molar-refractivity contribution >= 4 is 27.5 Å². The van der Waals surface area contributed by atoms with E-state index in [1.54, 1.807) is 12.1 Å². The molecule has 1 amide bonds. The van der Waals surface area contributed by atoms with Crippen molar-refractivity contribution in [2.75, 3.05) is 5.75 Å². The lowest BCUT2D eigenvalue weighted by atomic mass is 9.94. The van der Waals surface area contributed by atoms with Crippen LogP contribution in [0.2, 0.25) is 5.02 Å². The van der Waals surface area contributed by atoms with Gasteiger partial charge in [-0.2, -0.15) is 0 Å². The SMILES string of the molecule is CCCCCS(=O)(=O)NC(=O)c1cccc(C)c1Cc1ccc(CCc2ccccc2)cc1Cl. The van der Waals surface area contributed by atoms with Crippen LogP contribution in [0.3, 0.4) is 0 Å². The highest BCUT2D eigenvalue weighted by atomic mass is 35.5. The molecule has 0 aliphatic heterocycles. The summed E-state index contributed by atoms with van der Waals surface area (Å²) >= 11 is 6.63. The van der Waals surface area contributed by atoms with Gasteiger partial charge < -0.3 is 0 Å². The first-order valence-electron chi connectivity index (χ1n) is 11.7. The van der Waals surface area contributed by atoms with Crippen LogP contribution in [0.5, 0.6) is 0 Å². The van der Waals surface area contributed by atoms with Crippen LogP contribution in [-0.2, 0) is 29.3 Å². The quantitative estimate of drug-likeness (QED) is 0.317. The normalized spacial score (nSPS) is 11.4. The summed E-state index contributed by atoms with van der Waals surface area (Å²) in [6, 6.07) is 21.7. The summed E-state index contributed by atoms with van der Waals surface area (Å²) in [5.74, 6) is -0.643. The molecule has 0 saturated heterocycles. The van der Waals surface area contributed by atoms with Crippen molar-refractivity contribution in [1.82, 2.24) is 4.72 Å². The minimum atomic E-state index is -3.67. The number of aryl methyl sites for hydroxylation is 3. The smallest absolute Gasteiger partial charge is 0.265 e. The molecule has 4 nitrogen and oxygen atoms in total. The van der Waals surface area contributed by atoms with E-state index in [9.17, 15) is 13.2 Å². The maximum Gasteiger partial charge on any atom is 0.265 e. The topological polar surface area (TPSA) is 63.2 Å². The molecule has 1 N–H and O–H groups in total. The van der Waals surface area contributed by atoms with E-state index < -0.39 is 15.9 Å². The minimum absolute atomic E-state index is 0.0516. The maximum absolute atomic E-state index is 12.9. The number of rotatable bonds is 11. The molecule has 0 saturated carbocycles. The number of amides is 1. The van der Waals surface area contributed by atoms with Crippen molar-refractivity contribution in [3.05, 3.63) is 105 Å². The van der Waals surface area contributed by atoms with Crippen molar-refractivity contribution in [2.24, 2.45) is 0 Å². The number of benzene rings is 3. The predicted octanol–water partition coefficient (Wildman–Crippen LogP) is 6.27. The molecule has 3 aromatic rings. The zero-order valence-electron chi connectivity index (χ0n) is 19.8. The average Bonchev–Trinajstić information content (AvgIpc) is 2.80. The summed E-state index contributed by atoms with van der Waals surface area (Å²) in [5, 5.41) is 0.646. The Bertz CT molecular complexity index is 1220. The van der Waals surface area contributed by atoms with Crippen LogP contribution >= 0.6 is 11.6 Å². The van der Waals surface area contributed by atoms with Crippen LogP contribution in [0.25, 0.3) is 0 Å². The number of carbonyl (C=O) groups excluding carboxylic acids is 1. The first-order chi connectivity index (χ1) is 16.3. The lowest BCUT2D eigenvalue weighted by Gasteiger charge is -2.15. The number of nitrogens with one attached hydrogen (secondary N) is 1. The third kappa shape index (κ3) is 7.44. The Kier molecular flexibility index (Phi) is 9.31. The standard InChI is InChI=1S/C28H32ClNO3S/c1-3-4-8-18-34(32,33)30-28(31)25-13-9-10-21(2)26(25)20-24-17-16-23(19-27(24)29)15-14-22-11-6-5-7-12-22/h5-7,9-13,16-17,19H,3-4,8,14-15,18,20H2,1-2H3,(H,30,31). The van der Waals surface area contributed by atoms with Gasteiger partial charge in [0.15, 0.2) is 0 Å². The highest BCUT2D eigenvalue weighted by Crippen LogP contribution is 2.25. The number of sulfonamides is 1. The van der Waals surface area contributed by atoms with Gasteiger partial charge in [0.1, 0.15) is 0 Å². The van der Waals surface area contributed by atoms with Crippen molar-refractivity contribution < 1.29 is 13.2 Å². The second-order valence-electron chi connectivity index (χ2n) is 8.65. The fourth-order valence-corrected chi connectivity index (χ4v) is 5.30. The molecule has 0 atom stereocenters. The van der Waals surface area contributed by atoms with Crippen LogP contribution in [0.15, 0.2) is 66.7 Å². The van der Waals surface area contributed by atoms with Gasteiger partial charge in [-0.3, -0.25) is 4.79 Å². The van der Waals surface area contributed by atoms with E-state index in [-0.39, 0.29) is 5.75 Å². The molecule has 3 rings (SSSR count). The molecule has 34 heavy (non-hydrogen) atoms. The van der Waals surface area contributed by atoms with Gasteiger partial charge in [0.2, 0.25) is 10.0 Å². The Morgan fingerprint density at radius 1 is 0.912 bits per heavy atom. The molecule has 180 valence electrons. The zero-order chi connectivity index (χ0) is 24.6. The zero-order valence-corrected chi connectivity index (χ0v) is 21.4. The van der Waals surface area contributed by atoms with Crippen LogP contribution in [-0.4, -0.2) is 20.1 Å². The molecule has 0 aromatic heterocycles. The minimum Gasteiger partial charge on any atom is -0.268 e. The van der Waals surface area contributed by atoms with Crippen LogP contribution < -0.4 is 4.72 Å². The fourth-order valence-electron chi connectivity index (χ4n) is 3.95. The van der Waals surface area contributed by atoms with Gasteiger partial charge in [-0.1, -0.05) is 86.0 Å². The summed E-state index contributed by atoms with van der Waals surface area (Å²) in [6.07, 6.45) is 4.53. The summed E-state index contributed by atoms with van der Waals surface area (Å²) in [6.45, 7) is 3.93. The van der Waals surface area contributed by atoms with Crippen LogP contribution in [0, 0.1) is 6.92 Å². The van der Waals surface area contributed by atoms with E-state index in [1.807, 2.05) is 50.2 Å². The van der Waals surface area contributed by atoms with Gasteiger partial charge in [0.05, 0.1) is 5.75 Å². The Morgan fingerprint density at radius 2 is 1.65 bits per heavy atom. The van der Waals surface area contributed by atoms with Gasteiger partial charge >= 0.3 is 0 Å². The lowest BCUT2D eigenvalue weighted by Crippen LogP contribution is -2.33. The second kappa shape index (κ2) is 12.2. The Balaban J connectivity index is 1.74. The van der Waals surface area contributed by atoms with Crippen molar-refractivity contribution in [3.8, 4) is 0 Å². The third-order valence-corrected chi connectivity index (χ3v) is 7.62. The first kappa shape index (κ1) is 26.0. The van der Waals surface area contributed by atoms with E-state index >= 15 is 0 Å². The van der Waals surface area contributed by atoms with Crippen molar-refractivity contribution in [3.63, 3.8) is 0 Å². The molecular weight excluding hydrogens is 466 g/mol. The summed E-state index contributed by atoms with van der Waals surface area (Å²) in [7, 11) is -3.67. The van der Waals surface area contributed by atoms with Crippen molar-refractivity contribution in [2.45, 2.75) is 52.4 Å². The molecule has 0 aliphatic carbocycles. The Hall–Kier alpha value is -2.63. The van der Waals surface area contributed by atoms with E-state index in [0.29, 0.717) is 23.4 Å². The van der Waals surface area contributed by atoms with Crippen molar-refractivity contribution in [1.29, 1.82) is 0 Å². The highest BCUT2D eigenvalue weighted by Gasteiger charge is 2.20. The second-order valence-corrected chi connectivity index (χ2v) is 10.9. The van der Waals surface area contributed by atoms with Gasteiger partial charge in [0, 0.05) is 10.6 Å². The Morgan fingerprint density at radius 3 is 2.35 bits per heavy atom. The third-order valence-electron chi connectivity index (χ3n) is 5.95. The number of halogens is 1. The number of unbranched alkanes of at least 4 members (excludes halogenated alkanes) is 2. The molecule has 0 aliphatic rings. The van der Waals surface area contributed by atoms with Gasteiger partial charge in [-0.15, -0.1) is 0 Å². The maximum atomic E-state index is 12.9. The predicted molar refractivity (Wildman–Crippen MR) is 140 cm³/mol. The largest absolute Gasteiger partial charge is 0.268 e. The van der Waals surface area contributed by atoms with E-state index in [2.05, 4.69) is 22.9 Å². The van der Waals surface area contributed by atoms with E-state index in [4.69, 9.17) is 11.6 Å². The molecule has 6 heteroatoms. The number of hydrogen-bond donors (Lipinski definition) is 1. The number of carbonyl (C=O) groups is 1. The fraction of sp³-hybridized carbons (Fsp3) is 0.321. The molecule has 0 bridgehead atoms. The molecule has 3 aromatic carbocycles. The molecule has 0 spiro atoms. The average molecular weight is 498 g/mol. The van der Waals surface area contributed by atoms with Gasteiger partial charge in [0.25, 0.3) is 5.91 Å². The van der Waals surface area contributed by atoms with Gasteiger partial charge in [-0.05, 0) is 72.6 Å². The highest BCUT2D eigenvalue weighted by molar-refractivity contribution is 7.90. The van der Waals surface area contributed by atoms with Crippen LogP contribution in [0.1, 0.15) is 64.4 Å². The molecule has 0 unspecified atom stereocenters. The molecule has 0 heterocycles. The van der Waals surface area contributed by atoms with Crippen LogP contribution in [0.4, 0.5) is 0 Å². The van der Waals surface area contributed by atoms with E-state index in [1.165, 1.54) is 5.56 Å². The number of hydrogen-bond acceptors (Lipinski definition) is 3. The Labute approximate surface area is 208 Å². The summed E-state index contributed by atoms with van der Waals surface area (Å²) < 4.78 is 26.9. The van der Waals surface area contributed by atoms with Gasteiger partial charge in [-0.25, -0.2) is 13.1 Å². The molecule has 0 fully saturated rings. The summed E-state index contributed by atoms with van der Waals surface area (Å²) in [5.41, 5.74) is 5.40. The molecular formula is C28H32ClNO3S. The van der Waals surface area contributed by atoms with E-state index in [0.717, 1.165) is 47.9 Å². The summed E-state index contributed by atoms with van der Waals surface area (Å²) in [4.78, 5) is 12.9. The molecule has 0 radical (unpaired) electrons.